The van der Waals surface area contributed by atoms with E-state index >= 15 is 0 Å². The summed E-state index contributed by atoms with van der Waals surface area (Å²) < 4.78 is 13.8. The highest BCUT2D eigenvalue weighted by atomic mass is 16.6. The molecular formula is C20H23N3O2. The van der Waals surface area contributed by atoms with Crippen LogP contribution < -0.4 is 15.2 Å². The van der Waals surface area contributed by atoms with E-state index in [9.17, 15) is 0 Å². The molecule has 1 aliphatic rings. The monoisotopic (exact) mass is 337 g/mol. The second-order valence-corrected chi connectivity index (χ2v) is 6.94. The maximum absolute atomic E-state index is 5.80. The quantitative estimate of drug-likeness (QED) is 0.738. The Morgan fingerprint density at radius 2 is 1.76 bits per heavy atom. The van der Waals surface area contributed by atoms with Crippen LogP contribution in [0.1, 0.15) is 25.2 Å². The number of aromatic nitrogens is 2. The molecular weight excluding hydrogens is 314 g/mol. The summed E-state index contributed by atoms with van der Waals surface area (Å²) in [7, 11) is 0. The second kappa shape index (κ2) is 6.31. The summed E-state index contributed by atoms with van der Waals surface area (Å²) in [5.74, 6) is 3.17. The number of nitrogens with two attached hydrogens (primary N) is 1. The van der Waals surface area contributed by atoms with Gasteiger partial charge < -0.3 is 19.8 Å². The fraction of sp³-hybridized carbons (Fsp3) is 0.350. The summed E-state index contributed by atoms with van der Waals surface area (Å²) in [5.41, 5.74) is 9.83. The molecule has 0 atom stereocenters. The first-order valence-corrected chi connectivity index (χ1v) is 8.73. The Hall–Kier alpha value is -2.69. The maximum atomic E-state index is 5.80. The summed E-state index contributed by atoms with van der Waals surface area (Å²) in [6.45, 7) is 6.53. The van der Waals surface area contributed by atoms with Gasteiger partial charge in [-0.2, -0.15) is 0 Å². The lowest BCUT2D eigenvalue weighted by molar-refractivity contribution is 0.172. The normalized spacial score (nSPS) is 13.6. The van der Waals surface area contributed by atoms with Crippen LogP contribution >= 0.6 is 0 Å². The molecule has 2 heterocycles. The van der Waals surface area contributed by atoms with Gasteiger partial charge >= 0.3 is 0 Å². The van der Waals surface area contributed by atoms with E-state index in [2.05, 4.69) is 36.6 Å². The highest BCUT2D eigenvalue weighted by Gasteiger charge is 2.18. The van der Waals surface area contributed by atoms with Crippen molar-refractivity contribution < 1.29 is 9.47 Å². The first-order valence-electron chi connectivity index (χ1n) is 8.73. The summed E-state index contributed by atoms with van der Waals surface area (Å²) in [4.78, 5) is 4.89. The molecule has 3 aromatic rings. The number of ether oxygens (including phenoxy) is 2. The van der Waals surface area contributed by atoms with Crippen molar-refractivity contribution in [2.75, 3.05) is 18.9 Å². The number of fused-ring (bicyclic) bond motifs is 2. The molecule has 5 nitrogen and oxygen atoms in total. The van der Waals surface area contributed by atoms with Crippen molar-refractivity contribution in [2.24, 2.45) is 5.92 Å². The lowest BCUT2D eigenvalue weighted by atomic mass is 10.1. The number of nitrogen functional groups attached to an aromatic ring is 1. The predicted octanol–water partition coefficient (Wildman–Crippen LogP) is 3.64. The fourth-order valence-corrected chi connectivity index (χ4v) is 3.23. The molecule has 4 rings (SSSR count). The Morgan fingerprint density at radius 1 is 1.08 bits per heavy atom. The number of imidazole rings is 1. The van der Waals surface area contributed by atoms with Gasteiger partial charge in [0.1, 0.15) is 19.0 Å². The fourth-order valence-electron chi connectivity index (χ4n) is 3.23. The van der Waals surface area contributed by atoms with Crippen molar-refractivity contribution in [3.63, 3.8) is 0 Å². The predicted molar refractivity (Wildman–Crippen MR) is 99.2 cm³/mol. The molecule has 0 saturated carbocycles. The summed E-state index contributed by atoms with van der Waals surface area (Å²) >= 11 is 0. The minimum atomic E-state index is 0.524. The van der Waals surface area contributed by atoms with Crippen LogP contribution in [0.5, 0.6) is 11.5 Å². The Labute approximate surface area is 147 Å². The first-order chi connectivity index (χ1) is 12.1. The van der Waals surface area contributed by atoms with Gasteiger partial charge in [-0.1, -0.05) is 26.0 Å². The van der Waals surface area contributed by atoms with Gasteiger partial charge in [0.05, 0.1) is 11.0 Å². The number of nitrogens with zero attached hydrogens (tertiary/aromatic N) is 2. The van der Waals surface area contributed by atoms with E-state index in [1.165, 1.54) is 5.56 Å². The number of hydrogen-bond donors (Lipinski definition) is 1. The van der Waals surface area contributed by atoms with E-state index in [-0.39, 0.29) is 0 Å². The van der Waals surface area contributed by atoms with E-state index in [1.54, 1.807) is 0 Å². The third-order valence-corrected chi connectivity index (χ3v) is 4.38. The molecule has 0 amide bonds. The van der Waals surface area contributed by atoms with Crippen LogP contribution in [-0.4, -0.2) is 22.8 Å². The van der Waals surface area contributed by atoms with E-state index in [4.69, 9.17) is 20.2 Å². The molecule has 0 fully saturated rings. The van der Waals surface area contributed by atoms with Gasteiger partial charge in [0.2, 0.25) is 0 Å². The zero-order valence-corrected chi connectivity index (χ0v) is 14.7. The second-order valence-electron chi connectivity index (χ2n) is 6.94. The molecule has 0 bridgehead atoms. The Bertz CT molecular complexity index is 897. The highest BCUT2D eigenvalue weighted by molar-refractivity contribution is 5.81. The van der Waals surface area contributed by atoms with Crippen molar-refractivity contribution in [3.05, 3.63) is 47.8 Å². The van der Waals surface area contributed by atoms with Crippen LogP contribution in [0.4, 0.5) is 5.69 Å². The van der Waals surface area contributed by atoms with E-state index in [0.717, 1.165) is 47.0 Å². The van der Waals surface area contributed by atoms with Gasteiger partial charge in [0, 0.05) is 30.8 Å². The van der Waals surface area contributed by atoms with E-state index in [1.807, 2.05) is 18.2 Å². The molecule has 25 heavy (non-hydrogen) atoms. The van der Waals surface area contributed by atoms with Crippen LogP contribution in [0.2, 0.25) is 0 Å². The maximum Gasteiger partial charge on any atom is 0.163 e. The van der Waals surface area contributed by atoms with Crippen LogP contribution in [0.15, 0.2) is 36.4 Å². The van der Waals surface area contributed by atoms with Gasteiger partial charge in [0.25, 0.3) is 0 Å². The van der Waals surface area contributed by atoms with Crippen molar-refractivity contribution in [2.45, 2.75) is 26.8 Å². The average molecular weight is 337 g/mol. The van der Waals surface area contributed by atoms with Crippen molar-refractivity contribution >= 4 is 16.7 Å². The number of benzene rings is 2. The van der Waals surface area contributed by atoms with Crippen molar-refractivity contribution in [3.8, 4) is 11.5 Å². The Morgan fingerprint density at radius 3 is 2.44 bits per heavy atom. The molecule has 0 aliphatic carbocycles. The van der Waals surface area contributed by atoms with Crippen LogP contribution in [-0.2, 0) is 13.0 Å². The van der Waals surface area contributed by atoms with Gasteiger partial charge in [-0.15, -0.1) is 0 Å². The topological polar surface area (TPSA) is 62.3 Å². The lowest BCUT2D eigenvalue weighted by Gasteiger charge is -2.18. The minimum absolute atomic E-state index is 0.524. The van der Waals surface area contributed by atoms with Crippen molar-refractivity contribution in [1.82, 2.24) is 9.55 Å². The smallest absolute Gasteiger partial charge is 0.163 e. The number of rotatable bonds is 4. The zero-order chi connectivity index (χ0) is 17.4. The molecule has 0 unspecified atom stereocenters. The van der Waals surface area contributed by atoms with Gasteiger partial charge in [-0.25, -0.2) is 4.98 Å². The van der Waals surface area contributed by atoms with Crippen LogP contribution in [0.25, 0.3) is 11.0 Å². The standard InChI is InChI=1S/C20H23N3O2/c1-13(2)12-23-17-11-19-18(24-7-8-25-19)10-16(17)22-20(23)9-14-3-5-15(21)6-4-14/h3-6,10-11,13H,7-9,12,21H2,1-2H3. The first kappa shape index (κ1) is 15.8. The third kappa shape index (κ3) is 3.14. The van der Waals surface area contributed by atoms with Crippen LogP contribution in [0.3, 0.4) is 0 Å². The van der Waals surface area contributed by atoms with Gasteiger partial charge in [-0.05, 0) is 23.6 Å². The van der Waals surface area contributed by atoms with Crippen LogP contribution in [0, 0.1) is 5.92 Å². The lowest BCUT2D eigenvalue weighted by Crippen LogP contribution is -2.15. The molecule has 1 aliphatic heterocycles. The van der Waals surface area contributed by atoms with E-state index < -0.39 is 0 Å². The highest BCUT2D eigenvalue weighted by Crippen LogP contribution is 2.35. The molecule has 130 valence electrons. The number of anilines is 1. The Balaban J connectivity index is 1.79. The summed E-state index contributed by atoms with van der Waals surface area (Å²) in [6, 6.07) is 12.0. The molecule has 2 aromatic carbocycles. The molecule has 1 aromatic heterocycles. The van der Waals surface area contributed by atoms with Gasteiger partial charge in [0.15, 0.2) is 11.5 Å². The summed E-state index contributed by atoms with van der Waals surface area (Å²) in [5, 5.41) is 0. The molecule has 0 spiro atoms. The minimum Gasteiger partial charge on any atom is -0.486 e. The molecule has 2 N–H and O–H groups in total. The molecule has 5 heteroatoms. The Kier molecular flexibility index (Phi) is 3.99. The van der Waals surface area contributed by atoms with E-state index in [0.29, 0.717) is 19.1 Å². The SMILES string of the molecule is CC(C)Cn1c(Cc2ccc(N)cc2)nc2cc3c(cc21)OCCO3. The largest absolute Gasteiger partial charge is 0.486 e. The van der Waals surface area contributed by atoms with Crippen molar-refractivity contribution in [1.29, 1.82) is 0 Å². The van der Waals surface area contributed by atoms with Gasteiger partial charge in [-0.3, -0.25) is 0 Å². The average Bonchev–Trinajstić information content (AvgIpc) is 2.91. The molecule has 0 saturated heterocycles. The zero-order valence-electron chi connectivity index (χ0n) is 14.7. The third-order valence-electron chi connectivity index (χ3n) is 4.38. The molecule has 0 radical (unpaired) electrons. The number of hydrogen-bond acceptors (Lipinski definition) is 4. The summed E-state index contributed by atoms with van der Waals surface area (Å²) in [6.07, 6.45) is 0.772.